The maximum absolute atomic E-state index is 12.5. The van der Waals surface area contributed by atoms with Gasteiger partial charge >= 0.3 is 0 Å². The minimum Gasteiger partial charge on any atom is -0.508 e. The van der Waals surface area contributed by atoms with Crippen LogP contribution in [0.3, 0.4) is 0 Å². The fourth-order valence-electron chi connectivity index (χ4n) is 3.23. The first kappa shape index (κ1) is 13.7. The van der Waals surface area contributed by atoms with Gasteiger partial charge in [0, 0.05) is 18.9 Å². The molecule has 0 spiro atoms. The van der Waals surface area contributed by atoms with Crippen LogP contribution in [-0.4, -0.2) is 15.6 Å². The number of aromatic hydroxyl groups is 1. The zero-order valence-corrected chi connectivity index (χ0v) is 12.4. The van der Waals surface area contributed by atoms with Crippen molar-refractivity contribution >= 4 is 5.91 Å². The number of amides is 1. The molecule has 1 heterocycles. The second kappa shape index (κ2) is 5.28. The van der Waals surface area contributed by atoms with E-state index in [1.807, 2.05) is 36.0 Å². The van der Waals surface area contributed by atoms with E-state index in [1.165, 1.54) is 0 Å². The summed E-state index contributed by atoms with van der Waals surface area (Å²) in [6.45, 7) is 2.05. The van der Waals surface area contributed by atoms with E-state index in [4.69, 9.17) is 0 Å². The highest BCUT2D eigenvalue weighted by molar-refractivity contribution is 5.95. The zero-order chi connectivity index (χ0) is 15.0. The quantitative estimate of drug-likeness (QED) is 0.910. The van der Waals surface area contributed by atoms with Gasteiger partial charge in [0.2, 0.25) is 0 Å². The van der Waals surface area contributed by atoms with E-state index in [2.05, 4.69) is 12.2 Å². The maximum atomic E-state index is 12.5. The molecule has 1 amide bonds. The third-order valence-corrected chi connectivity index (χ3v) is 4.33. The van der Waals surface area contributed by atoms with E-state index in [0.717, 1.165) is 41.6 Å². The lowest BCUT2D eigenvalue weighted by molar-refractivity contribution is 0.0935. The molecule has 1 aromatic heterocycles. The highest BCUT2D eigenvalue weighted by Gasteiger charge is 2.27. The zero-order valence-electron chi connectivity index (χ0n) is 12.4. The van der Waals surface area contributed by atoms with Crippen molar-refractivity contribution in [3.05, 3.63) is 52.8 Å². The van der Waals surface area contributed by atoms with Crippen LogP contribution in [0, 0.1) is 0 Å². The summed E-state index contributed by atoms with van der Waals surface area (Å²) in [5, 5.41) is 13.0. The largest absolute Gasteiger partial charge is 0.508 e. The standard InChI is InChI=1S/C17H20N2O2/c1-3-15-13(9-10-19(15)2)17(21)18-14-8-7-12-11(14)5-4-6-16(12)20/h4-6,9-10,14,20H,3,7-8H2,1-2H3,(H,18,21). The molecule has 1 atom stereocenters. The van der Waals surface area contributed by atoms with Crippen molar-refractivity contribution in [2.24, 2.45) is 7.05 Å². The van der Waals surface area contributed by atoms with Crippen LogP contribution >= 0.6 is 0 Å². The minimum absolute atomic E-state index is 0.00971. The first-order valence-electron chi connectivity index (χ1n) is 7.37. The number of benzene rings is 1. The molecular formula is C17H20N2O2. The van der Waals surface area contributed by atoms with Gasteiger partial charge in [-0.25, -0.2) is 0 Å². The Hall–Kier alpha value is -2.23. The van der Waals surface area contributed by atoms with Crippen LogP contribution in [0.2, 0.25) is 0 Å². The fourth-order valence-corrected chi connectivity index (χ4v) is 3.23. The SMILES string of the molecule is CCc1c(C(=O)NC2CCc3c(O)cccc32)ccn1C. The molecule has 21 heavy (non-hydrogen) atoms. The van der Waals surface area contributed by atoms with Crippen molar-refractivity contribution in [3.63, 3.8) is 0 Å². The molecule has 0 aliphatic heterocycles. The number of aryl methyl sites for hydroxylation is 1. The Bertz CT molecular complexity index is 688. The Labute approximate surface area is 124 Å². The lowest BCUT2D eigenvalue weighted by atomic mass is 10.1. The average molecular weight is 284 g/mol. The molecular weight excluding hydrogens is 264 g/mol. The molecule has 2 aromatic rings. The first-order valence-corrected chi connectivity index (χ1v) is 7.37. The number of carbonyl (C=O) groups is 1. The maximum Gasteiger partial charge on any atom is 0.253 e. The number of nitrogens with zero attached hydrogens (tertiary/aromatic N) is 1. The third-order valence-electron chi connectivity index (χ3n) is 4.33. The summed E-state index contributed by atoms with van der Waals surface area (Å²) in [6.07, 6.45) is 4.39. The van der Waals surface area contributed by atoms with Gasteiger partial charge in [0.05, 0.1) is 11.6 Å². The molecule has 2 N–H and O–H groups in total. The van der Waals surface area contributed by atoms with Crippen LogP contribution in [0.4, 0.5) is 0 Å². The third kappa shape index (κ3) is 2.31. The van der Waals surface area contributed by atoms with Gasteiger partial charge in [0.15, 0.2) is 0 Å². The molecule has 1 aliphatic carbocycles. The van der Waals surface area contributed by atoms with Crippen LogP contribution in [0.25, 0.3) is 0 Å². The van der Waals surface area contributed by atoms with Crippen LogP contribution in [0.5, 0.6) is 5.75 Å². The monoisotopic (exact) mass is 284 g/mol. The van der Waals surface area contributed by atoms with Crippen molar-refractivity contribution in [1.82, 2.24) is 9.88 Å². The average Bonchev–Trinajstić information content (AvgIpc) is 3.04. The number of rotatable bonds is 3. The molecule has 110 valence electrons. The molecule has 3 rings (SSSR count). The van der Waals surface area contributed by atoms with Crippen LogP contribution < -0.4 is 5.32 Å². The van der Waals surface area contributed by atoms with Crippen LogP contribution in [0.1, 0.15) is 46.6 Å². The van der Waals surface area contributed by atoms with Gasteiger partial charge < -0.3 is 15.0 Å². The summed E-state index contributed by atoms with van der Waals surface area (Å²) in [4.78, 5) is 12.5. The molecule has 1 aromatic carbocycles. The lowest BCUT2D eigenvalue weighted by Crippen LogP contribution is -2.27. The molecule has 0 saturated carbocycles. The topological polar surface area (TPSA) is 54.3 Å². The smallest absolute Gasteiger partial charge is 0.253 e. The van der Waals surface area contributed by atoms with Crippen molar-refractivity contribution < 1.29 is 9.90 Å². The van der Waals surface area contributed by atoms with E-state index < -0.39 is 0 Å². The summed E-state index contributed by atoms with van der Waals surface area (Å²) in [5.41, 5.74) is 3.79. The van der Waals surface area contributed by atoms with E-state index in [1.54, 1.807) is 6.07 Å². The van der Waals surface area contributed by atoms with Gasteiger partial charge in [-0.15, -0.1) is 0 Å². The highest BCUT2D eigenvalue weighted by atomic mass is 16.3. The molecule has 4 nitrogen and oxygen atoms in total. The van der Waals surface area contributed by atoms with Gasteiger partial charge in [-0.05, 0) is 42.5 Å². The number of hydrogen-bond donors (Lipinski definition) is 2. The number of aromatic nitrogens is 1. The summed E-state index contributed by atoms with van der Waals surface area (Å²) in [5.74, 6) is 0.298. The Balaban J connectivity index is 1.83. The molecule has 0 radical (unpaired) electrons. The van der Waals surface area contributed by atoms with Crippen molar-refractivity contribution in [3.8, 4) is 5.75 Å². The predicted molar refractivity (Wildman–Crippen MR) is 81.4 cm³/mol. The predicted octanol–water partition coefficient (Wildman–Crippen LogP) is 2.71. The second-order valence-corrected chi connectivity index (χ2v) is 5.55. The van der Waals surface area contributed by atoms with Gasteiger partial charge in [0.25, 0.3) is 5.91 Å². The fraction of sp³-hybridized carbons (Fsp3) is 0.353. The summed E-state index contributed by atoms with van der Waals surface area (Å²) in [6, 6.07) is 7.38. The Kier molecular flexibility index (Phi) is 3.45. The molecule has 0 fully saturated rings. The summed E-state index contributed by atoms with van der Waals surface area (Å²) >= 11 is 0. The lowest BCUT2D eigenvalue weighted by Gasteiger charge is -2.15. The number of phenols is 1. The van der Waals surface area contributed by atoms with Crippen LogP contribution in [0.15, 0.2) is 30.5 Å². The molecule has 4 heteroatoms. The second-order valence-electron chi connectivity index (χ2n) is 5.55. The normalized spacial score (nSPS) is 16.8. The van der Waals surface area contributed by atoms with E-state index in [-0.39, 0.29) is 11.9 Å². The van der Waals surface area contributed by atoms with Crippen molar-refractivity contribution in [2.75, 3.05) is 0 Å². The number of fused-ring (bicyclic) bond motifs is 1. The summed E-state index contributed by atoms with van der Waals surface area (Å²) in [7, 11) is 1.96. The number of phenolic OH excluding ortho intramolecular Hbond substituents is 1. The Morgan fingerprint density at radius 1 is 1.43 bits per heavy atom. The van der Waals surface area contributed by atoms with Crippen molar-refractivity contribution in [2.45, 2.75) is 32.2 Å². The number of nitrogens with one attached hydrogen (secondary N) is 1. The van der Waals surface area contributed by atoms with E-state index >= 15 is 0 Å². The number of carbonyl (C=O) groups excluding carboxylic acids is 1. The summed E-state index contributed by atoms with van der Waals surface area (Å²) < 4.78 is 1.99. The highest BCUT2D eigenvalue weighted by Crippen LogP contribution is 2.36. The Morgan fingerprint density at radius 2 is 2.24 bits per heavy atom. The van der Waals surface area contributed by atoms with Gasteiger partial charge in [-0.1, -0.05) is 19.1 Å². The van der Waals surface area contributed by atoms with E-state index in [9.17, 15) is 9.90 Å². The van der Waals surface area contributed by atoms with Gasteiger partial charge in [0.1, 0.15) is 5.75 Å². The molecule has 0 bridgehead atoms. The first-order chi connectivity index (χ1) is 10.1. The van der Waals surface area contributed by atoms with Crippen LogP contribution in [-0.2, 0) is 19.9 Å². The molecule has 1 aliphatic rings. The minimum atomic E-state index is -0.0337. The van der Waals surface area contributed by atoms with Gasteiger partial charge in [-0.2, -0.15) is 0 Å². The van der Waals surface area contributed by atoms with Gasteiger partial charge in [-0.3, -0.25) is 4.79 Å². The Morgan fingerprint density at radius 3 is 3.00 bits per heavy atom. The molecule has 0 saturated heterocycles. The number of hydrogen-bond acceptors (Lipinski definition) is 2. The van der Waals surface area contributed by atoms with Crippen molar-refractivity contribution in [1.29, 1.82) is 0 Å². The molecule has 1 unspecified atom stereocenters. The van der Waals surface area contributed by atoms with E-state index in [0.29, 0.717) is 5.75 Å².